The number of nitrogens with one attached hydrogen (secondary N) is 1. The Hall–Kier alpha value is -1.42. The number of hydrogen-bond donors (Lipinski definition) is 2. The van der Waals surface area contributed by atoms with E-state index < -0.39 is 0 Å². The molecular weight excluding hydrogens is 205 g/mol. The fourth-order valence-electron chi connectivity index (χ4n) is 1.80. The number of imidazole rings is 1. The summed E-state index contributed by atoms with van der Waals surface area (Å²) in [5, 5.41) is 0. The molecule has 3 N–H and O–H groups in total. The Balaban J connectivity index is 2.32. The molecule has 0 aliphatic carbocycles. The molecule has 1 aromatic heterocycles. The van der Waals surface area contributed by atoms with E-state index in [1.807, 2.05) is 0 Å². The fourth-order valence-corrected chi connectivity index (χ4v) is 1.80. The van der Waals surface area contributed by atoms with Gasteiger partial charge in [-0.05, 0) is 30.5 Å². The van der Waals surface area contributed by atoms with Crippen molar-refractivity contribution in [2.24, 2.45) is 11.7 Å². The monoisotopic (exact) mass is 221 g/mol. The third-order valence-corrected chi connectivity index (χ3v) is 2.54. The molecule has 1 atom stereocenters. The predicted octanol–water partition coefficient (Wildman–Crippen LogP) is 2.75. The summed E-state index contributed by atoms with van der Waals surface area (Å²) in [6, 6.07) is 4.39. The summed E-state index contributed by atoms with van der Waals surface area (Å²) in [5.41, 5.74) is 7.47. The van der Waals surface area contributed by atoms with E-state index in [0.29, 0.717) is 11.4 Å². The average Bonchev–Trinajstić information content (AvgIpc) is 2.59. The first-order valence-corrected chi connectivity index (χ1v) is 5.47. The quantitative estimate of drug-likeness (QED) is 0.837. The van der Waals surface area contributed by atoms with Crippen LogP contribution in [-0.4, -0.2) is 9.97 Å². The first kappa shape index (κ1) is 11.1. The second kappa shape index (κ2) is 4.22. The Morgan fingerprint density at radius 1 is 1.44 bits per heavy atom. The van der Waals surface area contributed by atoms with Crippen LogP contribution in [-0.2, 0) is 0 Å². The number of hydrogen-bond acceptors (Lipinski definition) is 2. The van der Waals surface area contributed by atoms with Crippen LogP contribution in [0.15, 0.2) is 18.2 Å². The Morgan fingerprint density at radius 2 is 2.19 bits per heavy atom. The molecule has 0 aliphatic heterocycles. The van der Waals surface area contributed by atoms with Crippen LogP contribution in [0, 0.1) is 11.7 Å². The van der Waals surface area contributed by atoms with Gasteiger partial charge in [0.05, 0.1) is 17.1 Å². The van der Waals surface area contributed by atoms with Crippen molar-refractivity contribution in [2.75, 3.05) is 0 Å². The van der Waals surface area contributed by atoms with Gasteiger partial charge in [0.25, 0.3) is 0 Å². The van der Waals surface area contributed by atoms with Crippen molar-refractivity contribution in [3.63, 3.8) is 0 Å². The molecule has 0 amide bonds. The Bertz CT molecular complexity index is 490. The lowest BCUT2D eigenvalue weighted by molar-refractivity contribution is 0.496. The zero-order valence-electron chi connectivity index (χ0n) is 9.50. The molecular formula is C12H16FN3. The number of fused-ring (bicyclic) bond motifs is 1. The molecule has 1 aromatic carbocycles. The molecule has 0 fully saturated rings. The third-order valence-electron chi connectivity index (χ3n) is 2.54. The van der Waals surface area contributed by atoms with E-state index in [1.165, 1.54) is 12.1 Å². The highest BCUT2D eigenvalue weighted by Gasteiger charge is 2.12. The second-order valence-electron chi connectivity index (χ2n) is 4.52. The molecule has 86 valence electrons. The van der Waals surface area contributed by atoms with Gasteiger partial charge in [0.1, 0.15) is 11.6 Å². The number of aromatic amines is 1. The maximum Gasteiger partial charge on any atom is 0.125 e. The number of nitrogens with two attached hydrogens (primary N) is 1. The first-order chi connectivity index (χ1) is 7.56. The summed E-state index contributed by atoms with van der Waals surface area (Å²) in [6.45, 7) is 4.23. The lowest BCUT2D eigenvalue weighted by atomic mass is 10.0. The van der Waals surface area contributed by atoms with Crippen LogP contribution in [0.1, 0.15) is 32.1 Å². The van der Waals surface area contributed by atoms with Crippen LogP contribution >= 0.6 is 0 Å². The van der Waals surface area contributed by atoms with Gasteiger partial charge in [-0.2, -0.15) is 0 Å². The van der Waals surface area contributed by atoms with Crippen molar-refractivity contribution in [2.45, 2.75) is 26.3 Å². The van der Waals surface area contributed by atoms with Gasteiger partial charge in [0.2, 0.25) is 0 Å². The Morgan fingerprint density at radius 3 is 2.88 bits per heavy atom. The molecule has 0 saturated carbocycles. The summed E-state index contributed by atoms with van der Waals surface area (Å²) >= 11 is 0. The molecule has 0 radical (unpaired) electrons. The molecule has 16 heavy (non-hydrogen) atoms. The fraction of sp³-hybridized carbons (Fsp3) is 0.417. The standard InChI is InChI=1S/C12H16FN3/c1-7(2)5-9(14)12-15-10-4-3-8(13)6-11(10)16-12/h3-4,6-7,9H,5,14H2,1-2H3,(H,15,16). The topological polar surface area (TPSA) is 54.7 Å². The van der Waals surface area contributed by atoms with Crippen LogP contribution in [0.5, 0.6) is 0 Å². The summed E-state index contributed by atoms with van der Waals surface area (Å²) in [5.74, 6) is 0.981. The average molecular weight is 221 g/mol. The van der Waals surface area contributed by atoms with Gasteiger partial charge >= 0.3 is 0 Å². The predicted molar refractivity (Wildman–Crippen MR) is 62.4 cm³/mol. The van der Waals surface area contributed by atoms with E-state index in [9.17, 15) is 4.39 Å². The number of rotatable bonds is 3. The van der Waals surface area contributed by atoms with Gasteiger partial charge in [0, 0.05) is 0 Å². The van der Waals surface area contributed by atoms with Gasteiger partial charge in [0.15, 0.2) is 0 Å². The summed E-state index contributed by atoms with van der Waals surface area (Å²) in [7, 11) is 0. The largest absolute Gasteiger partial charge is 0.341 e. The van der Waals surface area contributed by atoms with Gasteiger partial charge in [-0.15, -0.1) is 0 Å². The maximum atomic E-state index is 13.0. The van der Waals surface area contributed by atoms with E-state index in [-0.39, 0.29) is 11.9 Å². The smallest absolute Gasteiger partial charge is 0.125 e. The van der Waals surface area contributed by atoms with Crippen molar-refractivity contribution in [1.82, 2.24) is 9.97 Å². The molecule has 2 rings (SSSR count). The minimum Gasteiger partial charge on any atom is -0.341 e. The van der Waals surface area contributed by atoms with Crippen molar-refractivity contribution >= 4 is 11.0 Å². The molecule has 0 saturated heterocycles. The van der Waals surface area contributed by atoms with E-state index in [2.05, 4.69) is 23.8 Å². The summed E-state index contributed by atoms with van der Waals surface area (Å²) in [4.78, 5) is 7.42. The summed E-state index contributed by atoms with van der Waals surface area (Å²) in [6.07, 6.45) is 0.863. The van der Waals surface area contributed by atoms with Crippen molar-refractivity contribution < 1.29 is 4.39 Å². The third kappa shape index (κ3) is 2.22. The van der Waals surface area contributed by atoms with Crippen molar-refractivity contribution in [3.8, 4) is 0 Å². The SMILES string of the molecule is CC(C)CC(N)c1nc2ccc(F)cc2[nH]1. The van der Waals surface area contributed by atoms with Gasteiger partial charge in [-0.25, -0.2) is 9.37 Å². The molecule has 3 nitrogen and oxygen atoms in total. The van der Waals surface area contributed by atoms with Gasteiger partial charge < -0.3 is 10.7 Å². The molecule has 0 spiro atoms. The zero-order valence-corrected chi connectivity index (χ0v) is 9.50. The molecule has 0 bridgehead atoms. The van der Waals surface area contributed by atoms with Crippen molar-refractivity contribution in [3.05, 3.63) is 29.8 Å². The Kier molecular flexibility index (Phi) is 2.92. The van der Waals surface area contributed by atoms with Crippen LogP contribution in [0.4, 0.5) is 4.39 Å². The van der Waals surface area contributed by atoms with Crippen molar-refractivity contribution in [1.29, 1.82) is 0 Å². The highest BCUT2D eigenvalue weighted by molar-refractivity contribution is 5.75. The molecule has 1 unspecified atom stereocenters. The van der Waals surface area contributed by atoms with Crippen LogP contribution in [0.25, 0.3) is 11.0 Å². The van der Waals surface area contributed by atoms with E-state index in [4.69, 9.17) is 5.73 Å². The molecule has 1 heterocycles. The molecule has 4 heteroatoms. The van der Waals surface area contributed by atoms with Crippen LogP contribution in [0.2, 0.25) is 0 Å². The van der Waals surface area contributed by atoms with Crippen LogP contribution in [0.3, 0.4) is 0 Å². The minimum absolute atomic E-state index is 0.115. The Labute approximate surface area is 93.9 Å². The lowest BCUT2D eigenvalue weighted by Crippen LogP contribution is -2.14. The normalized spacial score (nSPS) is 13.6. The molecule has 0 aliphatic rings. The maximum absolute atomic E-state index is 13.0. The highest BCUT2D eigenvalue weighted by Crippen LogP contribution is 2.20. The number of nitrogens with zero attached hydrogens (tertiary/aromatic N) is 1. The number of H-pyrrole nitrogens is 1. The van der Waals surface area contributed by atoms with Gasteiger partial charge in [-0.3, -0.25) is 0 Å². The van der Waals surface area contributed by atoms with Crippen LogP contribution < -0.4 is 5.73 Å². The van der Waals surface area contributed by atoms with Gasteiger partial charge in [-0.1, -0.05) is 13.8 Å². The van der Waals surface area contributed by atoms with E-state index in [0.717, 1.165) is 17.8 Å². The number of halogens is 1. The lowest BCUT2D eigenvalue weighted by Gasteiger charge is -2.10. The minimum atomic E-state index is -0.264. The zero-order chi connectivity index (χ0) is 11.7. The second-order valence-corrected chi connectivity index (χ2v) is 4.52. The number of benzene rings is 1. The van der Waals surface area contributed by atoms with E-state index in [1.54, 1.807) is 6.07 Å². The summed E-state index contributed by atoms with van der Waals surface area (Å²) < 4.78 is 13.0. The molecule has 2 aromatic rings. The highest BCUT2D eigenvalue weighted by atomic mass is 19.1. The van der Waals surface area contributed by atoms with E-state index >= 15 is 0 Å². The number of aromatic nitrogens is 2. The first-order valence-electron chi connectivity index (χ1n) is 5.47.